The Hall–Kier alpha value is -1.57. The third-order valence-electron chi connectivity index (χ3n) is 2.08. The van der Waals surface area contributed by atoms with Gasteiger partial charge >= 0.3 is 90.3 Å². The predicted octanol–water partition coefficient (Wildman–Crippen LogP) is 3.44. The van der Waals surface area contributed by atoms with Crippen molar-refractivity contribution in [1.29, 1.82) is 0 Å². The van der Waals surface area contributed by atoms with Crippen molar-refractivity contribution in [3.05, 3.63) is 38.0 Å². The minimum atomic E-state index is -0.981. The van der Waals surface area contributed by atoms with Crippen LogP contribution in [-0.4, -0.2) is 55.8 Å². The van der Waals surface area contributed by atoms with E-state index in [1.165, 1.54) is 65.5 Å². The molecule has 0 rings (SSSR count). The van der Waals surface area contributed by atoms with Crippen LogP contribution < -0.4 is 0 Å². The molecule has 0 aliphatic rings. The van der Waals surface area contributed by atoms with E-state index in [9.17, 15) is 14.4 Å². The van der Waals surface area contributed by atoms with Crippen LogP contribution >= 0.6 is 0 Å². The van der Waals surface area contributed by atoms with Gasteiger partial charge in [-0.05, 0) is 0 Å². The van der Waals surface area contributed by atoms with Crippen LogP contribution in [-0.2, 0) is 14.4 Å². The second kappa shape index (κ2) is 29.4. The first-order chi connectivity index (χ1) is 11.2. The van der Waals surface area contributed by atoms with Crippen LogP contribution in [0.1, 0.15) is 45.4 Å². The predicted molar refractivity (Wildman–Crippen MR) is 98.8 cm³/mol. The Morgan fingerprint density at radius 2 is 1.00 bits per heavy atom. The Bertz CT molecular complexity index is 304. The van der Waals surface area contributed by atoms with Crippen molar-refractivity contribution in [2.45, 2.75) is 49.9 Å². The van der Waals surface area contributed by atoms with Gasteiger partial charge in [0.1, 0.15) is 0 Å². The molecule has 138 valence electrons. The van der Waals surface area contributed by atoms with Gasteiger partial charge < -0.3 is 15.3 Å². The van der Waals surface area contributed by atoms with Gasteiger partial charge in [0, 0.05) is 18.2 Å². The van der Waals surface area contributed by atoms with Crippen molar-refractivity contribution in [3.8, 4) is 0 Å². The molecule has 0 aromatic carbocycles. The zero-order valence-corrected chi connectivity index (χ0v) is 17.7. The van der Waals surface area contributed by atoms with E-state index in [4.69, 9.17) is 15.3 Å². The third kappa shape index (κ3) is 70.9. The number of carboxylic acids is 3. The summed E-state index contributed by atoms with van der Waals surface area (Å²) in [7, 11) is 0. The monoisotopic (exact) mass is 450 g/mol. The molecule has 0 saturated heterocycles. The molecule has 3 N–H and O–H groups in total. The van der Waals surface area contributed by atoms with Gasteiger partial charge in [-0.2, -0.15) is 0 Å². The van der Waals surface area contributed by atoms with E-state index in [-0.39, 0.29) is 0 Å². The summed E-state index contributed by atoms with van der Waals surface area (Å²) in [5.41, 5.74) is 0. The number of rotatable bonds is 9. The van der Waals surface area contributed by atoms with E-state index in [1.807, 2.05) is 0 Å². The minimum absolute atomic E-state index is 0.833. The fourth-order valence-electron chi connectivity index (χ4n) is 0.925. The number of hydrogen-bond donors (Lipinski definition) is 3. The first-order valence-corrected chi connectivity index (χ1v) is 9.82. The summed E-state index contributed by atoms with van der Waals surface area (Å²) >= 11 is 1.46. The second-order valence-electron chi connectivity index (χ2n) is 4.18. The van der Waals surface area contributed by atoms with Crippen LogP contribution in [0.25, 0.3) is 0 Å². The van der Waals surface area contributed by atoms with E-state index in [2.05, 4.69) is 26.7 Å². The first kappa shape index (κ1) is 30.3. The molecule has 0 spiro atoms. The molecule has 0 saturated carbocycles. The van der Waals surface area contributed by atoms with E-state index in [0.29, 0.717) is 0 Å². The van der Waals surface area contributed by atoms with E-state index in [1.54, 1.807) is 0 Å². The molecule has 7 heteroatoms. The summed E-state index contributed by atoms with van der Waals surface area (Å²) in [5, 5.41) is 22.8. The Kier molecular flexibility index (Phi) is 37.2. The average molecular weight is 449 g/mol. The Labute approximate surface area is 158 Å². The Morgan fingerprint density at radius 1 is 0.750 bits per heavy atom. The molecular formula is C17H30O6Sn. The molecule has 2 radical (unpaired) electrons. The van der Waals surface area contributed by atoms with Crippen LogP contribution in [0.15, 0.2) is 38.0 Å². The summed E-state index contributed by atoms with van der Waals surface area (Å²) < 4.78 is 1.50. The van der Waals surface area contributed by atoms with Crippen LogP contribution in [0.4, 0.5) is 0 Å². The zero-order valence-electron chi connectivity index (χ0n) is 14.4. The molecule has 0 fully saturated rings. The Balaban J connectivity index is -0.000000116. The summed E-state index contributed by atoms with van der Waals surface area (Å²) in [6.07, 6.45) is 11.2. The van der Waals surface area contributed by atoms with Crippen LogP contribution in [0.3, 0.4) is 0 Å². The number of aliphatic carboxylic acids is 3. The van der Waals surface area contributed by atoms with Gasteiger partial charge in [-0.15, -0.1) is 0 Å². The SMILES string of the molecule is C=CC(=O)O.C=CC(=O)O.C=CC(=O)O.CCCCCCC[CH2][SnH]. The van der Waals surface area contributed by atoms with Crippen LogP contribution in [0, 0.1) is 0 Å². The fraction of sp³-hybridized carbons (Fsp3) is 0.471. The number of carboxylic acid groups (broad SMARTS) is 3. The van der Waals surface area contributed by atoms with Gasteiger partial charge in [0.2, 0.25) is 0 Å². The summed E-state index contributed by atoms with van der Waals surface area (Å²) in [6.45, 7) is 11.2. The molecule has 0 amide bonds. The molecule has 0 aliphatic heterocycles. The normalized spacial score (nSPS) is 7.75. The Morgan fingerprint density at radius 3 is 1.21 bits per heavy atom. The van der Waals surface area contributed by atoms with E-state index in [0.717, 1.165) is 18.2 Å². The first-order valence-electron chi connectivity index (χ1n) is 7.49. The van der Waals surface area contributed by atoms with Crippen molar-refractivity contribution in [1.82, 2.24) is 0 Å². The van der Waals surface area contributed by atoms with Gasteiger partial charge in [-0.25, -0.2) is 14.4 Å². The van der Waals surface area contributed by atoms with Crippen LogP contribution in [0.5, 0.6) is 0 Å². The molecule has 0 aromatic heterocycles. The fourth-order valence-corrected chi connectivity index (χ4v) is 1.75. The van der Waals surface area contributed by atoms with Gasteiger partial charge in [0.15, 0.2) is 0 Å². The number of carbonyl (C=O) groups is 3. The maximum atomic E-state index is 9.25. The summed E-state index contributed by atoms with van der Waals surface area (Å²) in [5.74, 6) is -2.94. The average Bonchev–Trinajstić information content (AvgIpc) is 2.56. The standard InChI is InChI=1S/C8H17.3C3H4O2.Sn.H/c1-3-5-7-8-6-4-2;3*1-2-3(4)5;;/h1,3-8H2,2H3;3*2H,1H2,(H,4,5);;. The molecule has 6 nitrogen and oxygen atoms in total. The van der Waals surface area contributed by atoms with Gasteiger partial charge in [-0.3, -0.25) is 0 Å². The van der Waals surface area contributed by atoms with Gasteiger partial charge in [0.05, 0.1) is 0 Å². The second-order valence-corrected chi connectivity index (χ2v) is 5.83. The molecule has 0 bridgehead atoms. The van der Waals surface area contributed by atoms with Gasteiger partial charge in [0.25, 0.3) is 0 Å². The van der Waals surface area contributed by atoms with E-state index < -0.39 is 17.9 Å². The molecule has 0 aromatic rings. The zero-order chi connectivity index (χ0) is 19.8. The molecule has 0 heterocycles. The summed E-state index contributed by atoms with van der Waals surface area (Å²) in [4.78, 5) is 27.8. The number of unbranched alkanes of at least 4 members (excludes halogenated alkanes) is 5. The topological polar surface area (TPSA) is 112 Å². The van der Waals surface area contributed by atoms with E-state index >= 15 is 0 Å². The van der Waals surface area contributed by atoms with Gasteiger partial charge in [-0.1, -0.05) is 19.7 Å². The molecule has 0 atom stereocenters. The molecule has 0 unspecified atom stereocenters. The third-order valence-corrected chi connectivity index (χ3v) is 3.25. The summed E-state index contributed by atoms with van der Waals surface area (Å²) in [6, 6.07) is 0. The molecule has 24 heavy (non-hydrogen) atoms. The van der Waals surface area contributed by atoms with Crippen molar-refractivity contribution >= 4 is 40.4 Å². The van der Waals surface area contributed by atoms with Crippen molar-refractivity contribution < 1.29 is 29.7 Å². The molecular weight excluding hydrogens is 419 g/mol. The van der Waals surface area contributed by atoms with Crippen molar-refractivity contribution in [3.63, 3.8) is 0 Å². The van der Waals surface area contributed by atoms with Crippen molar-refractivity contribution in [2.75, 3.05) is 0 Å². The van der Waals surface area contributed by atoms with Crippen LogP contribution in [0.2, 0.25) is 4.44 Å². The van der Waals surface area contributed by atoms with Crippen molar-refractivity contribution in [2.24, 2.45) is 0 Å². The quantitative estimate of drug-likeness (QED) is 0.283. The number of hydrogen-bond acceptors (Lipinski definition) is 3. The molecule has 0 aliphatic carbocycles. The maximum absolute atomic E-state index is 9.25.